The van der Waals surface area contributed by atoms with Gasteiger partial charge in [0.05, 0.1) is 29.4 Å². The van der Waals surface area contributed by atoms with E-state index in [-0.39, 0.29) is 18.9 Å². The van der Waals surface area contributed by atoms with Crippen LogP contribution in [0.15, 0.2) is 17.5 Å². The van der Waals surface area contributed by atoms with Gasteiger partial charge in [-0.3, -0.25) is 18.7 Å². The Kier molecular flexibility index (Phi) is 5.73. The molecule has 2 aromatic heterocycles. The van der Waals surface area contributed by atoms with Crippen LogP contribution < -0.4 is 16.8 Å². The molecule has 2 aromatic rings. The number of pyridine rings is 1. The highest BCUT2D eigenvalue weighted by Crippen LogP contribution is 2.45. The maximum absolute atomic E-state index is 12.1. The van der Waals surface area contributed by atoms with Crippen LogP contribution in [0, 0.1) is 0 Å². The molecule has 4 rings (SSSR count). The molecule has 0 aliphatic carbocycles. The van der Waals surface area contributed by atoms with Crippen LogP contribution in [0.25, 0.3) is 11.0 Å². The van der Waals surface area contributed by atoms with Gasteiger partial charge >= 0.3 is 0 Å². The van der Waals surface area contributed by atoms with Gasteiger partial charge in [-0.25, -0.2) is 9.67 Å². The average Bonchev–Trinajstić information content (AvgIpc) is 3.34. The number of aryl methyl sites for hydroxylation is 1. The number of nitrogens with zero attached hydrogens (tertiary/aromatic N) is 4. The Morgan fingerprint density at radius 3 is 2.66 bits per heavy atom. The van der Waals surface area contributed by atoms with E-state index in [2.05, 4.69) is 20.6 Å². The van der Waals surface area contributed by atoms with E-state index < -0.39 is 28.0 Å². The minimum atomic E-state index is -2.52. The highest BCUT2D eigenvalue weighted by Gasteiger charge is 2.47. The van der Waals surface area contributed by atoms with Gasteiger partial charge < -0.3 is 21.6 Å². The number of hydrogen-bond donors (Lipinski definition) is 5. The molecule has 32 heavy (non-hydrogen) atoms. The number of rotatable bonds is 7. The fraction of sp³-hybridized carbons (Fsp3) is 0.526. The second kappa shape index (κ2) is 8.22. The summed E-state index contributed by atoms with van der Waals surface area (Å²) in [7, 11) is -2.52. The van der Waals surface area contributed by atoms with E-state index in [1.807, 2.05) is 6.92 Å². The fourth-order valence-electron chi connectivity index (χ4n) is 4.11. The quantitative estimate of drug-likeness (QED) is 0.400. The molecular weight excluding hydrogens is 438 g/mol. The molecule has 2 amide bonds. The maximum atomic E-state index is 12.1. The van der Waals surface area contributed by atoms with Crippen molar-refractivity contribution < 1.29 is 23.5 Å². The monoisotopic (exact) mass is 465 g/mol. The first-order valence-electron chi connectivity index (χ1n) is 10.3. The van der Waals surface area contributed by atoms with Gasteiger partial charge in [-0.2, -0.15) is 15.7 Å². The van der Waals surface area contributed by atoms with Gasteiger partial charge in [-0.1, -0.05) is 5.16 Å². The standard InChI is InChI=1S/C19H27N7O5S/c1-2-26-17-13(10-23-26)16(24-11-3-5-32(29,30)6-4-11)12(9-22-17)14-7-19(18(21)28,31-25-14)8-15(20)27/h9-11,29-30H,2-8H2,1H3,(H2,20,27)(H2,21,28)(H,22,24). The summed E-state index contributed by atoms with van der Waals surface area (Å²) in [6.07, 6.45) is 4.09. The first-order valence-corrected chi connectivity index (χ1v) is 12.2. The molecule has 12 nitrogen and oxygen atoms in total. The molecule has 7 N–H and O–H groups in total. The van der Waals surface area contributed by atoms with Crippen LogP contribution in [-0.2, 0) is 21.0 Å². The zero-order valence-corrected chi connectivity index (χ0v) is 18.5. The van der Waals surface area contributed by atoms with Crippen LogP contribution in [0.1, 0.15) is 38.2 Å². The van der Waals surface area contributed by atoms with Gasteiger partial charge in [-0.05, 0) is 19.8 Å². The van der Waals surface area contributed by atoms with E-state index in [0.29, 0.717) is 53.5 Å². The number of oxime groups is 1. The van der Waals surface area contributed by atoms with Crippen molar-refractivity contribution in [1.82, 2.24) is 14.8 Å². The molecule has 2 aliphatic heterocycles. The number of nitrogens with one attached hydrogen (secondary N) is 1. The van der Waals surface area contributed by atoms with Crippen molar-refractivity contribution >= 4 is 44.8 Å². The largest absolute Gasteiger partial charge is 0.381 e. The Hall–Kier alpha value is -2.90. The summed E-state index contributed by atoms with van der Waals surface area (Å²) in [6.45, 7) is 2.59. The summed E-state index contributed by atoms with van der Waals surface area (Å²) in [5.41, 5.74) is 11.6. The maximum Gasteiger partial charge on any atom is 0.265 e. The van der Waals surface area contributed by atoms with Crippen molar-refractivity contribution in [3.05, 3.63) is 18.0 Å². The van der Waals surface area contributed by atoms with Gasteiger partial charge in [0.25, 0.3) is 5.91 Å². The lowest BCUT2D eigenvalue weighted by Gasteiger charge is -2.39. The highest BCUT2D eigenvalue weighted by atomic mass is 32.3. The van der Waals surface area contributed by atoms with Crippen molar-refractivity contribution in [2.45, 2.75) is 50.8 Å². The SMILES string of the molecule is CCn1ncc2c(NC3CCS(O)(O)CC3)c(C3=NOC(CC(N)=O)(C(N)=O)C3)cnc21. The molecule has 2 aliphatic rings. The summed E-state index contributed by atoms with van der Waals surface area (Å²) in [6, 6.07) is -0.00121. The zero-order chi connectivity index (χ0) is 23.1. The minimum Gasteiger partial charge on any atom is -0.381 e. The van der Waals surface area contributed by atoms with E-state index in [0.717, 1.165) is 5.39 Å². The smallest absolute Gasteiger partial charge is 0.265 e. The highest BCUT2D eigenvalue weighted by molar-refractivity contribution is 8.24. The van der Waals surface area contributed by atoms with Crippen molar-refractivity contribution in [2.24, 2.45) is 16.6 Å². The number of anilines is 1. The van der Waals surface area contributed by atoms with Crippen LogP contribution in [-0.4, -0.2) is 64.5 Å². The fourth-order valence-corrected chi connectivity index (χ4v) is 5.63. The van der Waals surface area contributed by atoms with E-state index in [1.54, 1.807) is 17.1 Å². The average molecular weight is 466 g/mol. The molecule has 1 unspecified atom stereocenters. The van der Waals surface area contributed by atoms with E-state index in [9.17, 15) is 18.7 Å². The molecule has 0 bridgehead atoms. The van der Waals surface area contributed by atoms with Gasteiger partial charge in [0.1, 0.15) is 0 Å². The van der Waals surface area contributed by atoms with Crippen molar-refractivity contribution in [2.75, 3.05) is 16.8 Å². The third kappa shape index (κ3) is 4.10. The van der Waals surface area contributed by atoms with Crippen LogP contribution >= 0.6 is 10.6 Å². The molecule has 1 saturated heterocycles. The zero-order valence-electron chi connectivity index (χ0n) is 17.7. The second-order valence-electron chi connectivity index (χ2n) is 8.18. The molecule has 13 heteroatoms. The van der Waals surface area contributed by atoms with Crippen LogP contribution in [0.2, 0.25) is 0 Å². The summed E-state index contributed by atoms with van der Waals surface area (Å²) < 4.78 is 21.6. The minimum absolute atomic E-state index is 0.00121. The Morgan fingerprint density at radius 2 is 2.03 bits per heavy atom. The predicted octanol–water partition coefficient (Wildman–Crippen LogP) is 1.00. The molecular formula is C19H27N7O5S. The van der Waals surface area contributed by atoms with Crippen LogP contribution in [0.4, 0.5) is 5.69 Å². The second-order valence-corrected chi connectivity index (χ2v) is 10.6. The predicted molar refractivity (Wildman–Crippen MR) is 120 cm³/mol. The number of primary amides is 2. The first-order chi connectivity index (χ1) is 15.1. The molecule has 0 radical (unpaired) electrons. The van der Waals surface area contributed by atoms with Crippen molar-refractivity contribution in [3.8, 4) is 0 Å². The number of carbonyl (C=O) groups excluding carboxylic acids is 2. The van der Waals surface area contributed by atoms with E-state index in [4.69, 9.17) is 16.3 Å². The van der Waals surface area contributed by atoms with E-state index in [1.165, 1.54) is 0 Å². The molecule has 174 valence electrons. The first kappa shape index (κ1) is 22.3. The third-order valence-electron chi connectivity index (χ3n) is 5.90. The summed E-state index contributed by atoms with van der Waals surface area (Å²) in [5.74, 6) is -0.890. The number of carbonyl (C=O) groups is 2. The van der Waals surface area contributed by atoms with Crippen LogP contribution in [0.3, 0.4) is 0 Å². The summed E-state index contributed by atoms with van der Waals surface area (Å²) >= 11 is 0. The molecule has 4 heterocycles. The number of hydrogen-bond acceptors (Lipinski definition) is 9. The number of aromatic nitrogens is 3. The van der Waals surface area contributed by atoms with Gasteiger partial charge in [0.15, 0.2) is 5.65 Å². The van der Waals surface area contributed by atoms with Crippen molar-refractivity contribution in [1.29, 1.82) is 0 Å². The molecule has 0 saturated carbocycles. The molecule has 1 fully saturated rings. The molecule has 0 aromatic carbocycles. The van der Waals surface area contributed by atoms with Gasteiger partial charge in [-0.15, -0.1) is 0 Å². The Morgan fingerprint density at radius 1 is 1.31 bits per heavy atom. The molecule has 0 spiro atoms. The van der Waals surface area contributed by atoms with Gasteiger partial charge in [0, 0.05) is 42.3 Å². The topological polar surface area (TPSA) is 191 Å². The lowest BCUT2D eigenvalue weighted by Crippen LogP contribution is -2.47. The lowest BCUT2D eigenvalue weighted by molar-refractivity contribution is -0.145. The number of nitrogens with two attached hydrogens (primary N) is 2. The van der Waals surface area contributed by atoms with Crippen LogP contribution in [0.5, 0.6) is 0 Å². The lowest BCUT2D eigenvalue weighted by atomic mass is 9.89. The summed E-state index contributed by atoms with van der Waals surface area (Å²) in [5, 5.41) is 12.7. The Balaban J connectivity index is 1.71. The van der Waals surface area contributed by atoms with Crippen molar-refractivity contribution in [3.63, 3.8) is 0 Å². The van der Waals surface area contributed by atoms with Gasteiger partial charge in [0.2, 0.25) is 11.5 Å². The molecule has 1 atom stereocenters. The number of amides is 2. The number of fused-ring (bicyclic) bond motifs is 1. The third-order valence-corrected chi connectivity index (χ3v) is 7.68. The Bertz CT molecular complexity index is 1090. The Labute approximate surface area is 185 Å². The normalized spacial score (nSPS) is 24.0. The van der Waals surface area contributed by atoms with E-state index >= 15 is 0 Å². The summed E-state index contributed by atoms with van der Waals surface area (Å²) in [4.78, 5) is 33.5.